The van der Waals surface area contributed by atoms with E-state index in [4.69, 9.17) is 10.5 Å². The predicted octanol–water partition coefficient (Wildman–Crippen LogP) is 4.99. The van der Waals surface area contributed by atoms with Gasteiger partial charge in [0.1, 0.15) is 23.6 Å². The second kappa shape index (κ2) is 10.3. The van der Waals surface area contributed by atoms with Crippen LogP contribution in [-0.4, -0.2) is 32.1 Å². The molecule has 0 aliphatic rings. The number of carbonyl (C=O) groups is 1. The molecule has 3 aromatic heterocycles. The lowest BCUT2D eigenvalue weighted by molar-refractivity contribution is -0.119. The van der Waals surface area contributed by atoms with Gasteiger partial charge in [0.25, 0.3) is 0 Å². The number of pyridine rings is 1. The SMILES string of the molecule is CCC(=O)N(CCc1ccccn1)n1cc(-c2ccc(Oc3ccccc3)cc2)c2c(N)ncnc21. The lowest BCUT2D eigenvalue weighted by atomic mass is 10.1. The standard InChI is InChI=1S/C28H26N6O2/c1-2-25(35)33(17-15-21-8-6-7-16-30-21)34-18-24(26-27(29)31-19-32-28(26)34)20-11-13-23(14-12-20)36-22-9-4-3-5-10-22/h3-14,16,18-19H,2,15,17H2,1H3,(H2,29,31,32). The molecular weight excluding hydrogens is 452 g/mol. The summed E-state index contributed by atoms with van der Waals surface area (Å²) < 4.78 is 7.71. The summed E-state index contributed by atoms with van der Waals surface area (Å²) in [5, 5.41) is 2.39. The van der Waals surface area contributed by atoms with Crippen LogP contribution in [0.4, 0.5) is 5.82 Å². The van der Waals surface area contributed by atoms with E-state index in [-0.39, 0.29) is 5.91 Å². The number of para-hydroxylation sites is 1. The van der Waals surface area contributed by atoms with Gasteiger partial charge in [-0.05, 0) is 42.0 Å². The van der Waals surface area contributed by atoms with E-state index < -0.39 is 0 Å². The third-order valence-electron chi connectivity index (χ3n) is 5.89. The molecule has 0 aliphatic carbocycles. The summed E-state index contributed by atoms with van der Waals surface area (Å²) in [5.41, 5.74) is 9.54. The summed E-state index contributed by atoms with van der Waals surface area (Å²) in [6, 6.07) is 23.1. The van der Waals surface area contributed by atoms with Gasteiger partial charge in [-0.15, -0.1) is 0 Å². The molecule has 3 heterocycles. The lowest BCUT2D eigenvalue weighted by Gasteiger charge is -2.24. The van der Waals surface area contributed by atoms with Crippen LogP contribution in [0.5, 0.6) is 11.5 Å². The molecule has 2 N–H and O–H groups in total. The van der Waals surface area contributed by atoms with Gasteiger partial charge in [-0.1, -0.05) is 43.3 Å². The Morgan fingerprint density at radius 2 is 1.69 bits per heavy atom. The zero-order valence-electron chi connectivity index (χ0n) is 19.9. The Balaban J connectivity index is 1.51. The molecule has 5 aromatic rings. The first kappa shape index (κ1) is 23.0. The van der Waals surface area contributed by atoms with E-state index in [1.807, 2.05) is 85.9 Å². The molecule has 0 saturated heterocycles. The second-order valence-electron chi connectivity index (χ2n) is 8.23. The molecule has 0 spiro atoms. The number of benzene rings is 2. The number of ether oxygens (including phenoxy) is 1. The molecule has 8 heteroatoms. The minimum Gasteiger partial charge on any atom is -0.457 e. The maximum Gasteiger partial charge on any atom is 0.241 e. The number of carbonyl (C=O) groups excluding carboxylic acids is 1. The number of nitrogens with two attached hydrogens (primary N) is 1. The fraction of sp³-hybridized carbons (Fsp3) is 0.143. The smallest absolute Gasteiger partial charge is 0.241 e. The normalized spacial score (nSPS) is 10.9. The van der Waals surface area contributed by atoms with Crippen LogP contribution in [0.15, 0.2) is 91.5 Å². The molecule has 0 aliphatic heterocycles. The van der Waals surface area contributed by atoms with E-state index >= 15 is 0 Å². The van der Waals surface area contributed by atoms with Gasteiger partial charge in [-0.2, -0.15) is 0 Å². The van der Waals surface area contributed by atoms with Crippen molar-refractivity contribution in [3.63, 3.8) is 0 Å². The number of nitrogens with zero attached hydrogens (tertiary/aromatic N) is 5. The molecule has 0 unspecified atom stereocenters. The minimum absolute atomic E-state index is 0.0295. The van der Waals surface area contributed by atoms with Gasteiger partial charge in [0.05, 0.1) is 5.39 Å². The Labute approximate surface area is 209 Å². The monoisotopic (exact) mass is 478 g/mol. The highest BCUT2D eigenvalue weighted by Crippen LogP contribution is 2.34. The zero-order chi connectivity index (χ0) is 24.9. The summed E-state index contributed by atoms with van der Waals surface area (Å²) in [7, 11) is 0. The number of nitrogen functional groups attached to an aromatic ring is 1. The van der Waals surface area contributed by atoms with Gasteiger partial charge in [0.15, 0.2) is 5.65 Å². The van der Waals surface area contributed by atoms with Crippen molar-refractivity contribution in [1.29, 1.82) is 0 Å². The van der Waals surface area contributed by atoms with Crippen molar-refractivity contribution < 1.29 is 9.53 Å². The summed E-state index contributed by atoms with van der Waals surface area (Å²) in [6.45, 7) is 2.29. The van der Waals surface area contributed by atoms with Crippen molar-refractivity contribution in [2.45, 2.75) is 19.8 Å². The predicted molar refractivity (Wildman–Crippen MR) is 140 cm³/mol. The van der Waals surface area contributed by atoms with E-state index in [9.17, 15) is 4.79 Å². The van der Waals surface area contributed by atoms with Gasteiger partial charge in [-0.3, -0.25) is 9.78 Å². The molecule has 0 saturated carbocycles. The van der Waals surface area contributed by atoms with Crippen LogP contribution in [0.3, 0.4) is 0 Å². The first-order valence-corrected chi connectivity index (χ1v) is 11.8. The lowest BCUT2D eigenvalue weighted by Crippen LogP contribution is -2.41. The zero-order valence-corrected chi connectivity index (χ0v) is 19.9. The highest BCUT2D eigenvalue weighted by molar-refractivity contribution is 6.02. The van der Waals surface area contributed by atoms with Crippen LogP contribution in [0.1, 0.15) is 19.0 Å². The Bertz CT molecular complexity index is 1470. The number of anilines is 1. The van der Waals surface area contributed by atoms with Crippen LogP contribution < -0.4 is 15.5 Å². The molecule has 2 aromatic carbocycles. The highest BCUT2D eigenvalue weighted by Gasteiger charge is 2.22. The molecular formula is C28H26N6O2. The number of rotatable bonds is 8. The largest absolute Gasteiger partial charge is 0.457 e. The Morgan fingerprint density at radius 3 is 2.42 bits per heavy atom. The molecule has 8 nitrogen and oxygen atoms in total. The average molecular weight is 479 g/mol. The highest BCUT2D eigenvalue weighted by atomic mass is 16.5. The van der Waals surface area contributed by atoms with Crippen molar-refractivity contribution in [2.24, 2.45) is 0 Å². The van der Waals surface area contributed by atoms with Crippen LogP contribution in [-0.2, 0) is 11.2 Å². The van der Waals surface area contributed by atoms with Gasteiger partial charge in [0.2, 0.25) is 5.91 Å². The van der Waals surface area contributed by atoms with Crippen LogP contribution in [0.2, 0.25) is 0 Å². The summed E-state index contributed by atoms with van der Waals surface area (Å²) in [5.74, 6) is 1.81. The van der Waals surface area contributed by atoms with Crippen molar-refractivity contribution >= 4 is 22.8 Å². The second-order valence-corrected chi connectivity index (χ2v) is 8.23. The Morgan fingerprint density at radius 1 is 0.944 bits per heavy atom. The molecule has 180 valence electrons. The quantitative estimate of drug-likeness (QED) is 0.337. The van der Waals surface area contributed by atoms with Crippen LogP contribution in [0.25, 0.3) is 22.2 Å². The van der Waals surface area contributed by atoms with Crippen molar-refractivity contribution in [3.05, 3.63) is 97.2 Å². The number of fused-ring (bicyclic) bond motifs is 1. The van der Waals surface area contributed by atoms with Crippen molar-refractivity contribution in [3.8, 4) is 22.6 Å². The molecule has 36 heavy (non-hydrogen) atoms. The summed E-state index contributed by atoms with van der Waals surface area (Å²) in [4.78, 5) is 26.1. The van der Waals surface area contributed by atoms with Crippen molar-refractivity contribution in [2.75, 3.05) is 17.3 Å². The minimum atomic E-state index is -0.0295. The van der Waals surface area contributed by atoms with Gasteiger partial charge < -0.3 is 10.5 Å². The van der Waals surface area contributed by atoms with E-state index in [0.717, 1.165) is 28.3 Å². The van der Waals surface area contributed by atoms with E-state index in [1.165, 1.54) is 6.33 Å². The molecule has 0 fully saturated rings. The molecule has 0 atom stereocenters. The Kier molecular flexibility index (Phi) is 6.57. The molecule has 0 bridgehead atoms. The van der Waals surface area contributed by atoms with Gasteiger partial charge in [0, 0.05) is 43.0 Å². The van der Waals surface area contributed by atoms with E-state index in [0.29, 0.717) is 36.2 Å². The van der Waals surface area contributed by atoms with Crippen molar-refractivity contribution in [1.82, 2.24) is 19.6 Å². The number of hydrogen-bond acceptors (Lipinski definition) is 6. The van der Waals surface area contributed by atoms with Gasteiger partial charge in [-0.25, -0.2) is 19.7 Å². The maximum atomic E-state index is 13.0. The number of aromatic nitrogens is 4. The maximum absolute atomic E-state index is 13.0. The van der Waals surface area contributed by atoms with Gasteiger partial charge >= 0.3 is 0 Å². The third-order valence-corrected chi connectivity index (χ3v) is 5.89. The van der Waals surface area contributed by atoms with E-state index in [2.05, 4.69) is 15.0 Å². The number of hydrogen-bond donors (Lipinski definition) is 1. The third kappa shape index (κ3) is 4.74. The molecule has 0 radical (unpaired) electrons. The average Bonchev–Trinajstić information content (AvgIpc) is 3.31. The Hall–Kier alpha value is -4.72. The molecule has 1 amide bonds. The van der Waals surface area contributed by atoms with E-state index in [1.54, 1.807) is 15.9 Å². The topological polar surface area (TPSA) is 99.2 Å². The van der Waals surface area contributed by atoms with Crippen LogP contribution >= 0.6 is 0 Å². The fourth-order valence-corrected chi connectivity index (χ4v) is 4.10. The fourth-order valence-electron chi connectivity index (χ4n) is 4.10. The summed E-state index contributed by atoms with van der Waals surface area (Å²) >= 11 is 0. The summed E-state index contributed by atoms with van der Waals surface area (Å²) in [6.07, 6.45) is 6.03. The first-order chi connectivity index (χ1) is 17.6. The number of amides is 1. The first-order valence-electron chi connectivity index (χ1n) is 11.8. The molecule has 5 rings (SSSR count). The van der Waals surface area contributed by atoms with Crippen LogP contribution in [0, 0.1) is 0 Å².